The number of nitrogens with one attached hydrogen (secondary N) is 1. The van der Waals surface area contributed by atoms with Gasteiger partial charge in [-0.25, -0.2) is 13.1 Å². The Bertz CT molecular complexity index is 994. The number of ether oxygens (including phenoxy) is 2. The Kier molecular flexibility index (Phi) is 4.92. The highest BCUT2D eigenvalue weighted by molar-refractivity contribution is 7.89. The molecule has 5 nitrogen and oxygen atoms in total. The Morgan fingerprint density at radius 2 is 1.68 bits per heavy atom. The van der Waals surface area contributed by atoms with Crippen molar-refractivity contribution in [2.24, 2.45) is 0 Å². The van der Waals surface area contributed by atoms with Gasteiger partial charge in [-0.05, 0) is 17.5 Å². The summed E-state index contributed by atoms with van der Waals surface area (Å²) in [5.41, 5.74) is 0.729. The Morgan fingerprint density at radius 1 is 0.920 bits per heavy atom. The minimum absolute atomic E-state index is 0.124. The maximum Gasteiger partial charge on any atom is 0.241 e. The maximum absolute atomic E-state index is 12.8. The van der Waals surface area contributed by atoms with Gasteiger partial charge < -0.3 is 9.47 Å². The van der Waals surface area contributed by atoms with Crippen LogP contribution in [0.1, 0.15) is 5.56 Å². The number of hydrogen-bond donors (Lipinski definition) is 1. The van der Waals surface area contributed by atoms with Gasteiger partial charge in [-0.1, -0.05) is 42.5 Å². The topological polar surface area (TPSA) is 64.6 Å². The van der Waals surface area contributed by atoms with Gasteiger partial charge in [0, 0.05) is 23.6 Å². The molecule has 6 heteroatoms. The van der Waals surface area contributed by atoms with E-state index in [1.54, 1.807) is 43.5 Å². The van der Waals surface area contributed by atoms with Crippen LogP contribution >= 0.6 is 0 Å². The van der Waals surface area contributed by atoms with E-state index in [9.17, 15) is 8.42 Å². The molecule has 0 heterocycles. The van der Waals surface area contributed by atoms with Crippen LogP contribution in [0.4, 0.5) is 0 Å². The molecule has 0 atom stereocenters. The Labute approximate surface area is 147 Å². The molecule has 0 aliphatic rings. The van der Waals surface area contributed by atoms with Crippen molar-refractivity contribution in [1.82, 2.24) is 4.72 Å². The summed E-state index contributed by atoms with van der Waals surface area (Å²) in [5.74, 6) is 1.22. The summed E-state index contributed by atoms with van der Waals surface area (Å²) in [4.78, 5) is 0.262. The van der Waals surface area contributed by atoms with E-state index in [2.05, 4.69) is 4.72 Å². The minimum atomic E-state index is -3.66. The smallest absolute Gasteiger partial charge is 0.241 e. The van der Waals surface area contributed by atoms with Gasteiger partial charge in [0.25, 0.3) is 0 Å². The van der Waals surface area contributed by atoms with E-state index in [0.29, 0.717) is 16.9 Å². The first kappa shape index (κ1) is 17.3. The Hall–Kier alpha value is -2.57. The summed E-state index contributed by atoms with van der Waals surface area (Å²) < 4.78 is 38.6. The molecule has 3 rings (SSSR count). The van der Waals surface area contributed by atoms with Crippen molar-refractivity contribution in [2.45, 2.75) is 11.4 Å². The molecule has 0 unspecified atom stereocenters. The highest BCUT2D eigenvalue weighted by Crippen LogP contribution is 2.26. The largest absolute Gasteiger partial charge is 0.497 e. The Balaban J connectivity index is 1.90. The van der Waals surface area contributed by atoms with E-state index in [-0.39, 0.29) is 11.4 Å². The van der Waals surface area contributed by atoms with Crippen LogP contribution in [0.3, 0.4) is 0 Å². The van der Waals surface area contributed by atoms with Gasteiger partial charge in [0.1, 0.15) is 11.5 Å². The summed E-state index contributed by atoms with van der Waals surface area (Å²) in [6, 6.07) is 17.9. The van der Waals surface area contributed by atoms with Gasteiger partial charge in [0.15, 0.2) is 0 Å². The first-order chi connectivity index (χ1) is 12.0. The molecule has 0 bridgehead atoms. The molecular formula is C19H19NO4S. The van der Waals surface area contributed by atoms with Crippen molar-refractivity contribution < 1.29 is 17.9 Å². The van der Waals surface area contributed by atoms with Crippen LogP contribution in [0.2, 0.25) is 0 Å². The summed E-state index contributed by atoms with van der Waals surface area (Å²) in [5, 5.41) is 1.58. The summed E-state index contributed by atoms with van der Waals surface area (Å²) in [6.45, 7) is 0.124. The molecule has 0 amide bonds. The zero-order valence-electron chi connectivity index (χ0n) is 14.0. The van der Waals surface area contributed by atoms with Gasteiger partial charge in [-0.3, -0.25) is 0 Å². The first-order valence-corrected chi connectivity index (χ1v) is 9.22. The quantitative estimate of drug-likeness (QED) is 0.735. The number of benzene rings is 3. The second-order valence-electron chi connectivity index (χ2n) is 5.48. The third kappa shape index (κ3) is 3.60. The van der Waals surface area contributed by atoms with Gasteiger partial charge in [-0.2, -0.15) is 0 Å². The number of fused-ring (bicyclic) bond motifs is 1. The summed E-state index contributed by atoms with van der Waals surface area (Å²) >= 11 is 0. The van der Waals surface area contributed by atoms with Crippen molar-refractivity contribution in [1.29, 1.82) is 0 Å². The molecule has 25 heavy (non-hydrogen) atoms. The van der Waals surface area contributed by atoms with Crippen LogP contribution in [0.5, 0.6) is 11.5 Å². The lowest BCUT2D eigenvalue weighted by Gasteiger charge is -2.13. The van der Waals surface area contributed by atoms with E-state index in [0.717, 1.165) is 10.9 Å². The lowest BCUT2D eigenvalue weighted by Crippen LogP contribution is -2.23. The van der Waals surface area contributed by atoms with E-state index >= 15 is 0 Å². The van der Waals surface area contributed by atoms with Crippen LogP contribution in [0.15, 0.2) is 65.6 Å². The third-order valence-electron chi connectivity index (χ3n) is 3.99. The second-order valence-corrected chi connectivity index (χ2v) is 7.21. The molecule has 0 aliphatic carbocycles. The van der Waals surface area contributed by atoms with Crippen LogP contribution in [-0.4, -0.2) is 22.6 Å². The summed E-state index contributed by atoms with van der Waals surface area (Å²) in [6.07, 6.45) is 0. The SMILES string of the molecule is COc1ccc(CNS(=O)(=O)c2cccc3ccccc23)c(OC)c1. The molecular weight excluding hydrogens is 338 g/mol. The molecule has 0 saturated carbocycles. The molecule has 3 aromatic rings. The van der Waals surface area contributed by atoms with E-state index < -0.39 is 10.0 Å². The van der Waals surface area contributed by atoms with Crippen molar-refractivity contribution in [3.05, 3.63) is 66.2 Å². The van der Waals surface area contributed by atoms with Crippen LogP contribution < -0.4 is 14.2 Å². The predicted octanol–water partition coefficient (Wildman–Crippen LogP) is 3.34. The number of rotatable bonds is 6. The fourth-order valence-electron chi connectivity index (χ4n) is 2.68. The van der Waals surface area contributed by atoms with Gasteiger partial charge >= 0.3 is 0 Å². The summed E-state index contributed by atoms with van der Waals surface area (Å²) in [7, 11) is -0.556. The van der Waals surface area contributed by atoms with Gasteiger partial charge in [-0.15, -0.1) is 0 Å². The zero-order valence-corrected chi connectivity index (χ0v) is 14.8. The van der Waals surface area contributed by atoms with Crippen molar-refractivity contribution in [2.75, 3.05) is 14.2 Å². The highest BCUT2D eigenvalue weighted by atomic mass is 32.2. The minimum Gasteiger partial charge on any atom is -0.497 e. The number of methoxy groups -OCH3 is 2. The monoisotopic (exact) mass is 357 g/mol. The average molecular weight is 357 g/mol. The molecule has 0 aromatic heterocycles. The number of sulfonamides is 1. The molecule has 1 N–H and O–H groups in total. The van der Waals surface area contributed by atoms with Crippen molar-refractivity contribution >= 4 is 20.8 Å². The molecule has 0 fully saturated rings. The van der Waals surface area contributed by atoms with E-state index in [1.165, 1.54) is 7.11 Å². The standard InChI is InChI=1S/C19H19NO4S/c1-23-16-11-10-15(18(12-16)24-2)13-20-25(21,22)19-9-5-7-14-6-3-4-8-17(14)19/h3-12,20H,13H2,1-2H3. The lowest BCUT2D eigenvalue weighted by molar-refractivity contribution is 0.390. The molecule has 3 aromatic carbocycles. The Morgan fingerprint density at radius 3 is 2.44 bits per heavy atom. The maximum atomic E-state index is 12.8. The fourth-order valence-corrected chi connectivity index (χ4v) is 3.91. The highest BCUT2D eigenvalue weighted by Gasteiger charge is 2.17. The van der Waals surface area contributed by atoms with Crippen molar-refractivity contribution in [3.63, 3.8) is 0 Å². The zero-order chi connectivity index (χ0) is 17.9. The third-order valence-corrected chi connectivity index (χ3v) is 5.45. The molecule has 0 radical (unpaired) electrons. The fraction of sp³-hybridized carbons (Fsp3) is 0.158. The van der Waals surface area contributed by atoms with Gasteiger partial charge in [0.2, 0.25) is 10.0 Å². The van der Waals surface area contributed by atoms with Crippen LogP contribution in [0.25, 0.3) is 10.8 Å². The predicted molar refractivity (Wildman–Crippen MR) is 97.5 cm³/mol. The molecule has 130 valence electrons. The molecule has 0 aliphatic heterocycles. The van der Waals surface area contributed by atoms with Crippen LogP contribution in [-0.2, 0) is 16.6 Å². The van der Waals surface area contributed by atoms with Crippen LogP contribution in [0, 0.1) is 0 Å². The second kappa shape index (κ2) is 7.13. The van der Waals surface area contributed by atoms with Gasteiger partial charge in [0.05, 0.1) is 19.1 Å². The van der Waals surface area contributed by atoms with E-state index in [4.69, 9.17) is 9.47 Å². The number of hydrogen-bond acceptors (Lipinski definition) is 4. The lowest BCUT2D eigenvalue weighted by atomic mass is 10.1. The first-order valence-electron chi connectivity index (χ1n) is 7.73. The average Bonchev–Trinajstić information content (AvgIpc) is 2.65. The normalized spacial score (nSPS) is 11.4. The molecule has 0 spiro atoms. The van der Waals surface area contributed by atoms with Crippen molar-refractivity contribution in [3.8, 4) is 11.5 Å². The van der Waals surface area contributed by atoms with E-state index in [1.807, 2.05) is 24.3 Å². The molecule has 0 saturated heterocycles.